The van der Waals surface area contributed by atoms with Gasteiger partial charge in [-0.05, 0) is 90.1 Å². The summed E-state index contributed by atoms with van der Waals surface area (Å²) >= 11 is 13.7. The Kier molecular flexibility index (Phi) is 22.5. The van der Waals surface area contributed by atoms with E-state index in [-0.39, 0.29) is 71.0 Å². The van der Waals surface area contributed by atoms with Crippen molar-refractivity contribution in [1.82, 2.24) is 31.1 Å². The topological polar surface area (TPSA) is 252 Å². The fourth-order valence-corrected chi connectivity index (χ4v) is 12.2. The molecule has 2 saturated heterocycles. The van der Waals surface area contributed by atoms with E-state index < -0.39 is 18.1 Å². The minimum Gasteiger partial charge on any atom is -0.370 e. The van der Waals surface area contributed by atoms with E-state index in [1.165, 1.54) is 28.5 Å². The SMILES string of the molecule is CCC(N=C(N)N)[C@@H]1N[C@H](CNC(=O)c2ccc(Cl)cc2Cl)CCN(CC(c2ccccc2)c2ccccc2)C1=O.NC(N)=NCCC[C@@H]1N[C@H](CNC(=O)c2cc3ccccc3s2)CCN(CC(c2ccccc2)c2ccccc2)C1=O. The maximum atomic E-state index is 14.1. The molecule has 0 radical (unpaired) electrons. The summed E-state index contributed by atoms with van der Waals surface area (Å²) in [6.07, 6.45) is 3.14. The summed E-state index contributed by atoms with van der Waals surface area (Å²) < 4.78 is 1.09. The number of aliphatic imine (C=N–C) groups is 2. The standard InChI is InChI=1S/C33H38N6O2S.C31H36Cl2N6O2/c34-33(35)36-18-9-15-28-32(41)39(22-27(23-10-3-1-4-11-23)24-12-5-2-6-13-24)19-17-26(38-28)21-37-31(40)30-20-25-14-7-8-16-29(25)42-30;1-2-27(38-31(34)35)28-30(41)39(19-25(20-9-5-3-6-10-20)21-11-7-4-8-12-21)16-15-23(37-28)18-36-29(40)24-14-13-22(32)17-26(24)33/h1-8,10-14,16,20,26-28,38H,9,15,17-19,21-22H2,(H,37,40)(H4,34,35,36);3-14,17,23,25,27-28,37H,2,15-16,18-19H2,1H3,(H,36,40)(H4,34,35,38)/t26-,28-;23-,27?,28-/m00/s1. The van der Waals surface area contributed by atoms with Crippen LogP contribution in [0.1, 0.15) is 93.1 Å². The van der Waals surface area contributed by atoms with Gasteiger partial charge in [0.1, 0.15) is 6.04 Å². The molecule has 1 unspecified atom stereocenters. The zero-order chi connectivity index (χ0) is 58.7. The molecule has 19 heteroatoms. The van der Waals surface area contributed by atoms with Gasteiger partial charge in [-0.25, -0.2) is 4.99 Å². The average molecular weight is 1180 g/mol. The first-order valence-corrected chi connectivity index (χ1v) is 29.7. The zero-order valence-electron chi connectivity index (χ0n) is 46.6. The molecule has 2 fully saturated rings. The lowest BCUT2D eigenvalue weighted by Crippen LogP contribution is -2.54. The maximum Gasteiger partial charge on any atom is 0.261 e. The van der Waals surface area contributed by atoms with Crippen molar-refractivity contribution in [2.24, 2.45) is 32.9 Å². The van der Waals surface area contributed by atoms with Crippen molar-refractivity contribution in [3.05, 3.63) is 213 Å². The number of halogens is 2. The molecule has 0 bridgehead atoms. The third-order valence-corrected chi connectivity index (χ3v) is 16.7. The number of fused-ring (bicyclic) bond motifs is 1. The van der Waals surface area contributed by atoms with Crippen LogP contribution in [0.4, 0.5) is 0 Å². The molecule has 434 valence electrons. The number of hydrogen-bond acceptors (Lipinski definition) is 9. The van der Waals surface area contributed by atoms with Crippen LogP contribution in [0.5, 0.6) is 0 Å². The summed E-state index contributed by atoms with van der Waals surface area (Å²) in [6.45, 7) is 5.26. The highest BCUT2D eigenvalue weighted by atomic mass is 35.5. The maximum absolute atomic E-state index is 14.1. The van der Waals surface area contributed by atoms with Gasteiger partial charge in [0.2, 0.25) is 11.8 Å². The van der Waals surface area contributed by atoms with Crippen LogP contribution in [-0.4, -0.2) is 121 Å². The van der Waals surface area contributed by atoms with Gasteiger partial charge in [0.15, 0.2) is 11.9 Å². The molecule has 2 aliphatic rings. The number of nitrogens with one attached hydrogen (secondary N) is 4. The second kappa shape index (κ2) is 30.5. The Morgan fingerprint density at radius 3 is 1.65 bits per heavy atom. The van der Waals surface area contributed by atoms with Crippen LogP contribution in [0.25, 0.3) is 10.1 Å². The Labute approximate surface area is 500 Å². The van der Waals surface area contributed by atoms with Gasteiger partial charge in [-0.1, -0.05) is 170 Å². The summed E-state index contributed by atoms with van der Waals surface area (Å²) in [5.74, 6) is -0.424. The highest BCUT2D eigenvalue weighted by Gasteiger charge is 2.38. The van der Waals surface area contributed by atoms with Crippen molar-refractivity contribution in [3.63, 3.8) is 0 Å². The van der Waals surface area contributed by atoms with Gasteiger partial charge < -0.3 is 48.7 Å². The smallest absolute Gasteiger partial charge is 0.261 e. The number of carbonyl (C=O) groups excluding carboxylic acids is 4. The predicted molar refractivity (Wildman–Crippen MR) is 336 cm³/mol. The number of guanidine groups is 2. The number of benzene rings is 6. The number of nitrogens with zero attached hydrogens (tertiary/aromatic N) is 4. The third kappa shape index (κ3) is 17.4. The molecule has 7 aromatic rings. The van der Waals surface area contributed by atoms with Crippen LogP contribution in [-0.2, 0) is 9.59 Å². The first-order chi connectivity index (χ1) is 40.2. The van der Waals surface area contributed by atoms with Gasteiger partial charge in [0.05, 0.1) is 27.5 Å². The van der Waals surface area contributed by atoms with E-state index in [2.05, 4.69) is 79.8 Å². The van der Waals surface area contributed by atoms with Crippen LogP contribution >= 0.6 is 34.5 Å². The molecule has 83 heavy (non-hydrogen) atoms. The Morgan fingerprint density at radius 2 is 1.14 bits per heavy atom. The fourth-order valence-electron chi connectivity index (χ4n) is 10.7. The summed E-state index contributed by atoms with van der Waals surface area (Å²) in [4.78, 5) is 67.1. The van der Waals surface area contributed by atoms with Crippen LogP contribution in [0.3, 0.4) is 0 Å². The summed E-state index contributed by atoms with van der Waals surface area (Å²) in [5, 5.41) is 14.9. The summed E-state index contributed by atoms with van der Waals surface area (Å²) in [5.41, 5.74) is 27.4. The van der Waals surface area contributed by atoms with E-state index >= 15 is 0 Å². The van der Waals surface area contributed by atoms with Gasteiger partial charge in [0.25, 0.3) is 11.8 Å². The minimum absolute atomic E-state index is 0.0199. The monoisotopic (exact) mass is 1180 g/mol. The number of nitrogens with two attached hydrogens (primary N) is 4. The normalized spacial score (nSPS) is 17.7. The number of thiophene rings is 1. The fraction of sp³-hybridized carbons (Fsp3) is 0.312. The molecule has 9 rings (SSSR count). The van der Waals surface area contributed by atoms with Gasteiger partial charge in [0, 0.05) is 79.5 Å². The molecular formula is C64H74Cl2N12O4S. The van der Waals surface area contributed by atoms with E-state index in [4.69, 9.17) is 46.1 Å². The molecule has 3 heterocycles. The van der Waals surface area contributed by atoms with Crippen LogP contribution < -0.4 is 44.2 Å². The van der Waals surface area contributed by atoms with Gasteiger partial charge in [-0.15, -0.1) is 11.3 Å². The molecular weight excluding hydrogens is 1100 g/mol. The lowest BCUT2D eigenvalue weighted by Gasteiger charge is -2.31. The van der Waals surface area contributed by atoms with Crippen molar-refractivity contribution < 1.29 is 19.2 Å². The van der Waals surface area contributed by atoms with E-state index in [0.29, 0.717) is 80.4 Å². The first kappa shape index (κ1) is 61.3. The van der Waals surface area contributed by atoms with E-state index in [0.717, 1.165) is 27.6 Å². The largest absolute Gasteiger partial charge is 0.370 e. The van der Waals surface area contributed by atoms with Crippen molar-refractivity contribution in [2.45, 2.75) is 81.1 Å². The Hall–Kier alpha value is -7.80. The van der Waals surface area contributed by atoms with E-state index in [1.54, 1.807) is 12.1 Å². The minimum atomic E-state index is -0.669. The van der Waals surface area contributed by atoms with Crippen LogP contribution in [0, 0.1) is 0 Å². The lowest BCUT2D eigenvalue weighted by atomic mass is 9.90. The summed E-state index contributed by atoms with van der Waals surface area (Å²) in [6, 6.07) is 53.9. The summed E-state index contributed by atoms with van der Waals surface area (Å²) in [7, 11) is 0. The molecule has 6 aromatic carbocycles. The molecule has 0 spiro atoms. The number of hydrogen-bond donors (Lipinski definition) is 8. The highest BCUT2D eigenvalue weighted by Crippen LogP contribution is 2.30. The highest BCUT2D eigenvalue weighted by molar-refractivity contribution is 7.20. The molecule has 0 saturated carbocycles. The Morgan fingerprint density at radius 1 is 0.639 bits per heavy atom. The van der Waals surface area contributed by atoms with Crippen LogP contribution in [0.15, 0.2) is 180 Å². The first-order valence-electron chi connectivity index (χ1n) is 28.2. The van der Waals surface area contributed by atoms with Gasteiger partial charge in [-0.3, -0.25) is 29.5 Å². The van der Waals surface area contributed by atoms with Crippen molar-refractivity contribution in [3.8, 4) is 0 Å². The van der Waals surface area contributed by atoms with Gasteiger partial charge in [-0.2, -0.15) is 0 Å². The quantitative estimate of drug-likeness (QED) is 0.0194. The Balaban J connectivity index is 0.000000217. The van der Waals surface area contributed by atoms with E-state index in [9.17, 15) is 19.2 Å². The molecule has 5 atom stereocenters. The lowest BCUT2D eigenvalue weighted by molar-refractivity contribution is -0.134. The van der Waals surface area contributed by atoms with Crippen molar-refractivity contribution in [2.75, 3.05) is 45.8 Å². The molecule has 0 aliphatic carbocycles. The zero-order valence-corrected chi connectivity index (χ0v) is 48.9. The molecule has 4 amide bonds. The predicted octanol–water partition coefficient (Wildman–Crippen LogP) is 8.24. The molecule has 1 aromatic heterocycles. The number of carbonyl (C=O) groups is 4. The van der Waals surface area contributed by atoms with Crippen molar-refractivity contribution in [1.29, 1.82) is 0 Å². The van der Waals surface area contributed by atoms with Crippen LogP contribution in [0.2, 0.25) is 10.0 Å². The molecule has 12 N–H and O–H groups in total. The van der Waals surface area contributed by atoms with Crippen molar-refractivity contribution >= 4 is 80.2 Å². The number of rotatable bonds is 21. The van der Waals surface area contributed by atoms with E-state index in [1.807, 2.05) is 120 Å². The second-order valence-corrected chi connectivity index (χ2v) is 22.7. The van der Waals surface area contributed by atoms with Gasteiger partial charge >= 0.3 is 0 Å². The number of amides is 4. The Bertz CT molecular complexity index is 3180. The average Bonchev–Trinajstić information content (AvgIpc) is 4.02. The second-order valence-electron chi connectivity index (χ2n) is 20.8. The molecule has 16 nitrogen and oxygen atoms in total. The third-order valence-electron chi connectivity index (χ3n) is 15.1. The molecule has 2 aliphatic heterocycles.